The van der Waals surface area contributed by atoms with Crippen LogP contribution in [0.15, 0.2) is 18.2 Å². The molecule has 2 N–H and O–H groups in total. The third-order valence-electron chi connectivity index (χ3n) is 6.02. The van der Waals surface area contributed by atoms with Crippen molar-refractivity contribution in [3.05, 3.63) is 35.1 Å². The first-order chi connectivity index (χ1) is 13.6. The largest absolute Gasteiger partial charge is 0.341 e. The van der Waals surface area contributed by atoms with Crippen LogP contribution in [0.1, 0.15) is 55.6 Å². The standard InChI is InChI=1S/C21H29FN4O2/c1-23-20(27)25-10-2-3-18(13-25)26(17-8-9-17)21(28)24-12-16-7-6-15(11-19(16)22)14-4-5-14/h6-7,11,14,17-18H,2-5,8-10,12-13H2,1H3,(H,23,27)(H,24,28). The van der Waals surface area contributed by atoms with Gasteiger partial charge in [0.25, 0.3) is 0 Å². The molecule has 1 aromatic carbocycles. The fourth-order valence-corrected chi connectivity index (χ4v) is 4.15. The van der Waals surface area contributed by atoms with E-state index in [1.807, 2.05) is 11.0 Å². The minimum Gasteiger partial charge on any atom is -0.341 e. The third kappa shape index (κ3) is 4.23. The maximum atomic E-state index is 14.4. The van der Waals surface area contributed by atoms with E-state index in [1.54, 1.807) is 24.1 Å². The van der Waals surface area contributed by atoms with Crippen molar-refractivity contribution in [2.45, 2.75) is 63.1 Å². The summed E-state index contributed by atoms with van der Waals surface area (Å²) < 4.78 is 14.4. The fourth-order valence-electron chi connectivity index (χ4n) is 4.15. The molecule has 0 bridgehead atoms. The van der Waals surface area contributed by atoms with Gasteiger partial charge < -0.3 is 20.4 Å². The van der Waals surface area contributed by atoms with Crippen LogP contribution in [0.5, 0.6) is 0 Å². The fraction of sp³-hybridized carbons (Fsp3) is 0.619. The molecule has 3 fully saturated rings. The van der Waals surface area contributed by atoms with Gasteiger partial charge in [0.2, 0.25) is 0 Å². The van der Waals surface area contributed by atoms with Crippen molar-refractivity contribution >= 4 is 12.1 Å². The first-order valence-corrected chi connectivity index (χ1v) is 10.4. The Bertz CT molecular complexity index is 748. The number of carbonyl (C=O) groups excluding carboxylic acids is 2. The van der Waals surface area contributed by atoms with E-state index in [2.05, 4.69) is 10.6 Å². The topological polar surface area (TPSA) is 64.7 Å². The number of nitrogens with one attached hydrogen (secondary N) is 2. The summed E-state index contributed by atoms with van der Waals surface area (Å²) in [4.78, 5) is 28.6. The smallest absolute Gasteiger partial charge is 0.318 e. The zero-order valence-corrected chi connectivity index (χ0v) is 16.4. The minimum atomic E-state index is -0.244. The molecule has 7 heteroatoms. The van der Waals surface area contributed by atoms with Crippen LogP contribution in [-0.4, -0.2) is 54.1 Å². The van der Waals surface area contributed by atoms with Gasteiger partial charge in [-0.15, -0.1) is 0 Å². The molecule has 0 spiro atoms. The molecule has 1 atom stereocenters. The lowest BCUT2D eigenvalue weighted by atomic mass is 10.0. The highest BCUT2D eigenvalue weighted by Gasteiger charge is 2.39. The van der Waals surface area contributed by atoms with Crippen LogP contribution < -0.4 is 10.6 Å². The Morgan fingerprint density at radius 2 is 1.96 bits per heavy atom. The summed E-state index contributed by atoms with van der Waals surface area (Å²) >= 11 is 0. The molecular weight excluding hydrogens is 359 g/mol. The molecule has 2 aliphatic carbocycles. The van der Waals surface area contributed by atoms with Crippen molar-refractivity contribution in [2.75, 3.05) is 20.1 Å². The van der Waals surface area contributed by atoms with Gasteiger partial charge in [-0.3, -0.25) is 0 Å². The maximum Gasteiger partial charge on any atom is 0.318 e. The van der Waals surface area contributed by atoms with Gasteiger partial charge in [-0.25, -0.2) is 14.0 Å². The van der Waals surface area contributed by atoms with Crippen LogP contribution in [0.25, 0.3) is 0 Å². The number of piperidine rings is 1. The second-order valence-electron chi connectivity index (χ2n) is 8.22. The molecule has 28 heavy (non-hydrogen) atoms. The van der Waals surface area contributed by atoms with Crippen LogP contribution >= 0.6 is 0 Å². The van der Waals surface area contributed by atoms with Crippen molar-refractivity contribution in [1.29, 1.82) is 0 Å². The van der Waals surface area contributed by atoms with Gasteiger partial charge in [0.1, 0.15) is 5.82 Å². The predicted molar refractivity (Wildman–Crippen MR) is 105 cm³/mol. The lowest BCUT2D eigenvalue weighted by molar-refractivity contribution is 0.116. The number of urea groups is 2. The average Bonchev–Trinajstić information content (AvgIpc) is 3.60. The SMILES string of the molecule is CNC(=O)N1CCCC(N(C(=O)NCc2ccc(C3CC3)cc2F)C2CC2)C1. The zero-order chi connectivity index (χ0) is 19.7. The lowest BCUT2D eigenvalue weighted by Gasteiger charge is -2.39. The number of hydrogen-bond donors (Lipinski definition) is 2. The molecule has 2 saturated carbocycles. The van der Waals surface area contributed by atoms with Crippen LogP contribution in [0.3, 0.4) is 0 Å². The number of benzene rings is 1. The van der Waals surface area contributed by atoms with E-state index in [0.717, 1.165) is 50.6 Å². The summed E-state index contributed by atoms with van der Waals surface area (Å²) in [5, 5.41) is 5.57. The van der Waals surface area contributed by atoms with E-state index in [-0.39, 0.29) is 36.5 Å². The van der Waals surface area contributed by atoms with E-state index in [4.69, 9.17) is 0 Å². The molecule has 6 nitrogen and oxygen atoms in total. The van der Waals surface area contributed by atoms with Crippen molar-refractivity contribution < 1.29 is 14.0 Å². The summed E-state index contributed by atoms with van der Waals surface area (Å²) in [6.07, 6.45) is 6.04. The van der Waals surface area contributed by atoms with Gasteiger partial charge in [-0.05, 0) is 56.1 Å². The van der Waals surface area contributed by atoms with Crippen LogP contribution in [0.4, 0.5) is 14.0 Å². The van der Waals surface area contributed by atoms with Crippen molar-refractivity contribution in [1.82, 2.24) is 20.4 Å². The molecule has 152 valence electrons. The zero-order valence-electron chi connectivity index (χ0n) is 16.4. The van der Waals surface area contributed by atoms with Crippen molar-refractivity contribution in [3.8, 4) is 0 Å². The number of rotatable bonds is 5. The average molecular weight is 388 g/mol. The van der Waals surface area contributed by atoms with Gasteiger partial charge in [-0.1, -0.05) is 12.1 Å². The highest BCUT2D eigenvalue weighted by Crippen LogP contribution is 2.40. The molecule has 4 rings (SSSR count). The summed E-state index contributed by atoms with van der Waals surface area (Å²) in [6, 6.07) is 5.37. The second kappa shape index (κ2) is 7.97. The Hall–Kier alpha value is -2.31. The molecule has 1 aliphatic heterocycles. The van der Waals surface area contributed by atoms with Crippen LogP contribution in [0.2, 0.25) is 0 Å². The number of nitrogens with zero attached hydrogens (tertiary/aromatic N) is 2. The number of hydrogen-bond acceptors (Lipinski definition) is 2. The monoisotopic (exact) mass is 388 g/mol. The first kappa shape index (κ1) is 19.0. The Morgan fingerprint density at radius 3 is 2.61 bits per heavy atom. The molecule has 4 amide bonds. The van der Waals surface area contributed by atoms with Crippen LogP contribution in [-0.2, 0) is 6.54 Å². The molecule has 1 saturated heterocycles. The van der Waals surface area contributed by atoms with Gasteiger partial charge in [0.05, 0.1) is 6.04 Å². The van der Waals surface area contributed by atoms with E-state index >= 15 is 0 Å². The lowest BCUT2D eigenvalue weighted by Crippen LogP contribution is -2.56. The van der Waals surface area contributed by atoms with Gasteiger partial charge in [0.15, 0.2) is 0 Å². The molecule has 1 heterocycles. The minimum absolute atomic E-state index is 0.0145. The molecule has 3 aliphatic rings. The van der Waals surface area contributed by atoms with Crippen molar-refractivity contribution in [2.24, 2.45) is 0 Å². The normalized spacial score (nSPS) is 21.9. The maximum absolute atomic E-state index is 14.4. The summed E-state index contributed by atoms with van der Waals surface area (Å²) in [7, 11) is 1.63. The van der Waals surface area contributed by atoms with Gasteiger partial charge >= 0.3 is 12.1 Å². The Kier molecular flexibility index (Phi) is 5.42. The molecule has 0 radical (unpaired) electrons. The van der Waals surface area contributed by atoms with Crippen molar-refractivity contribution in [3.63, 3.8) is 0 Å². The summed E-state index contributed by atoms with van der Waals surface area (Å²) in [6.45, 7) is 1.45. The van der Waals surface area contributed by atoms with Gasteiger partial charge in [0, 0.05) is 38.3 Å². The molecule has 0 aromatic heterocycles. The Morgan fingerprint density at radius 1 is 1.18 bits per heavy atom. The van der Waals surface area contributed by atoms with E-state index < -0.39 is 0 Å². The first-order valence-electron chi connectivity index (χ1n) is 10.4. The number of amides is 4. The van der Waals surface area contributed by atoms with E-state index in [1.165, 1.54) is 0 Å². The number of carbonyl (C=O) groups is 2. The van der Waals surface area contributed by atoms with E-state index in [0.29, 0.717) is 18.0 Å². The predicted octanol–water partition coefficient (Wildman–Crippen LogP) is 3.18. The molecule has 1 aromatic rings. The van der Waals surface area contributed by atoms with Gasteiger partial charge in [-0.2, -0.15) is 0 Å². The van der Waals surface area contributed by atoms with E-state index in [9.17, 15) is 14.0 Å². The molecular formula is C21H29FN4O2. The summed E-state index contributed by atoms with van der Waals surface area (Å²) in [5.74, 6) is 0.268. The Labute approximate surface area is 165 Å². The number of likely N-dealkylation sites (tertiary alicyclic amines) is 1. The molecule has 1 unspecified atom stereocenters. The summed E-state index contributed by atoms with van der Waals surface area (Å²) in [5.41, 5.74) is 1.58. The second-order valence-corrected chi connectivity index (χ2v) is 8.22. The third-order valence-corrected chi connectivity index (χ3v) is 6.02. The van der Waals surface area contributed by atoms with Crippen LogP contribution in [0, 0.1) is 5.82 Å². The number of halogens is 1. The highest BCUT2D eigenvalue weighted by atomic mass is 19.1. The highest BCUT2D eigenvalue weighted by molar-refractivity contribution is 5.76. The quantitative estimate of drug-likeness (QED) is 0.814. The Balaban J connectivity index is 1.38.